The van der Waals surface area contributed by atoms with Crippen molar-refractivity contribution < 1.29 is 14.3 Å². The van der Waals surface area contributed by atoms with E-state index in [1.54, 1.807) is 7.11 Å². The molecule has 4 rings (SSSR count). The number of rotatable bonds is 5. The van der Waals surface area contributed by atoms with Crippen LogP contribution in [0.25, 0.3) is 10.9 Å². The number of nitrogens with zero attached hydrogens (tertiary/aromatic N) is 4. The van der Waals surface area contributed by atoms with Gasteiger partial charge in [0, 0.05) is 50.0 Å². The molecule has 1 aromatic heterocycles. The summed E-state index contributed by atoms with van der Waals surface area (Å²) in [4.78, 5) is 39.0. The molecule has 2 aliphatic rings. The molecule has 0 aliphatic carbocycles. The average Bonchev–Trinajstić information content (AvgIpc) is 2.82. The summed E-state index contributed by atoms with van der Waals surface area (Å²) in [6, 6.07) is 5.84. The van der Waals surface area contributed by atoms with Crippen LogP contribution in [0.3, 0.4) is 0 Å². The molecule has 2 fully saturated rings. The topological polar surface area (TPSA) is 75.6 Å². The van der Waals surface area contributed by atoms with Crippen LogP contribution in [-0.4, -0.2) is 59.8 Å². The first-order chi connectivity index (χ1) is 15.0. The second-order valence-corrected chi connectivity index (χ2v) is 8.72. The first-order valence-corrected chi connectivity index (χ1v) is 11.4. The van der Waals surface area contributed by atoms with Gasteiger partial charge in [0.2, 0.25) is 11.9 Å². The van der Waals surface area contributed by atoms with E-state index in [0.717, 1.165) is 61.1 Å². The maximum atomic E-state index is 13.3. The smallest absolute Gasteiger partial charge is 0.227 e. The van der Waals surface area contributed by atoms with Crippen molar-refractivity contribution in [3.8, 4) is 5.75 Å². The Morgan fingerprint density at radius 2 is 1.87 bits per heavy atom. The van der Waals surface area contributed by atoms with Gasteiger partial charge in [-0.05, 0) is 44.7 Å². The minimum atomic E-state index is -0.0749. The number of fused-ring (bicyclic) bond motifs is 1. The summed E-state index contributed by atoms with van der Waals surface area (Å²) in [7, 11) is 1.65. The molecule has 2 aliphatic heterocycles. The SMILES string of the molecule is CCC(=O)C1CCCN(C(=O)C2CCCN(c3nc(C)c4ccc(OC)cc4n3)C2)C1. The van der Waals surface area contributed by atoms with Gasteiger partial charge < -0.3 is 14.5 Å². The molecule has 166 valence electrons. The molecule has 3 heterocycles. The van der Waals surface area contributed by atoms with Crippen molar-refractivity contribution >= 4 is 28.5 Å². The second-order valence-electron chi connectivity index (χ2n) is 8.72. The van der Waals surface area contributed by atoms with E-state index in [1.807, 2.05) is 36.9 Å². The first kappa shape index (κ1) is 21.5. The van der Waals surface area contributed by atoms with Crippen LogP contribution in [0.5, 0.6) is 5.75 Å². The Balaban J connectivity index is 1.50. The normalized spacial score (nSPS) is 21.9. The third-order valence-electron chi connectivity index (χ3n) is 6.67. The van der Waals surface area contributed by atoms with Crippen LogP contribution in [0.15, 0.2) is 18.2 Å². The van der Waals surface area contributed by atoms with Gasteiger partial charge >= 0.3 is 0 Å². The number of amides is 1. The maximum absolute atomic E-state index is 13.3. The van der Waals surface area contributed by atoms with Crippen LogP contribution in [-0.2, 0) is 9.59 Å². The van der Waals surface area contributed by atoms with Crippen LogP contribution in [0.4, 0.5) is 5.95 Å². The van der Waals surface area contributed by atoms with E-state index < -0.39 is 0 Å². The summed E-state index contributed by atoms with van der Waals surface area (Å²) in [5, 5.41) is 1.01. The van der Waals surface area contributed by atoms with E-state index in [-0.39, 0.29) is 23.5 Å². The average molecular weight is 425 g/mol. The van der Waals surface area contributed by atoms with Crippen molar-refractivity contribution in [2.24, 2.45) is 11.8 Å². The van der Waals surface area contributed by atoms with Crippen LogP contribution in [0.1, 0.15) is 44.7 Å². The van der Waals surface area contributed by atoms with Gasteiger partial charge in [0.05, 0.1) is 24.2 Å². The Morgan fingerprint density at radius 1 is 1.10 bits per heavy atom. The van der Waals surface area contributed by atoms with Crippen molar-refractivity contribution in [1.82, 2.24) is 14.9 Å². The molecule has 7 heteroatoms. The number of hydrogen-bond acceptors (Lipinski definition) is 6. The second kappa shape index (κ2) is 9.20. The number of carbonyl (C=O) groups excluding carboxylic acids is 2. The predicted octanol–water partition coefficient (Wildman–Crippen LogP) is 3.38. The fraction of sp³-hybridized carbons (Fsp3) is 0.583. The summed E-state index contributed by atoms with van der Waals surface area (Å²) in [6.45, 7) is 6.70. The minimum absolute atomic E-state index is 0.00356. The fourth-order valence-electron chi connectivity index (χ4n) is 4.87. The number of piperidine rings is 2. The Morgan fingerprint density at radius 3 is 2.65 bits per heavy atom. The van der Waals surface area contributed by atoms with E-state index in [0.29, 0.717) is 25.5 Å². The standard InChI is InChI=1S/C24H32N4O3/c1-4-22(29)17-7-5-11-27(14-17)23(30)18-8-6-12-28(15-18)24-25-16(2)20-10-9-19(31-3)13-21(20)26-24/h9-10,13,17-18H,4-8,11-12,14-15H2,1-3H3. The zero-order valence-corrected chi connectivity index (χ0v) is 18.8. The van der Waals surface area contributed by atoms with Gasteiger partial charge in [0.1, 0.15) is 11.5 Å². The number of ketones is 1. The number of methoxy groups -OCH3 is 1. The molecule has 0 spiro atoms. The third-order valence-corrected chi connectivity index (χ3v) is 6.67. The molecule has 2 atom stereocenters. The Labute approximate surface area is 183 Å². The number of likely N-dealkylation sites (tertiary alicyclic amines) is 1. The molecule has 31 heavy (non-hydrogen) atoms. The van der Waals surface area contributed by atoms with E-state index in [2.05, 4.69) is 4.90 Å². The highest BCUT2D eigenvalue weighted by atomic mass is 16.5. The highest BCUT2D eigenvalue weighted by molar-refractivity contribution is 5.85. The lowest BCUT2D eigenvalue weighted by molar-refractivity contribution is -0.139. The summed E-state index contributed by atoms with van der Waals surface area (Å²) in [6.07, 6.45) is 4.17. The van der Waals surface area contributed by atoms with Gasteiger partial charge in [-0.2, -0.15) is 0 Å². The van der Waals surface area contributed by atoms with Crippen molar-refractivity contribution in [1.29, 1.82) is 0 Å². The molecular formula is C24H32N4O3. The number of Topliss-reactive ketones (excluding diaryl/α,β-unsaturated/α-hetero) is 1. The highest BCUT2D eigenvalue weighted by Gasteiger charge is 2.34. The Kier molecular flexibility index (Phi) is 6.39. The van der Waals surface area contributed by atoms with Crippen LogP contribution in [0.2, 0.25) is 0 Å². The molecular weight excluding hydrogens is 392 g/mol. The molecule has 2 unspecified atom stereocenters. The lowest BCUT2D eigenvalue weighted by Gasteiger charge is -2.38. The summed E-state index contributed by atoms with van der Waals surface area (Å²) in [5.74, 6) is 1.83. The molecule has 2 saturated heterocycles. The molecule has 0 saturated carbocycles. The lowest BCUT2D eigenvalue weighted by Crippen LogP contribution is -2.49. The summed E-state index contributed by atoms with van der Waals surface area (Å²) < 4.78 is 5.35. The van der Waals surface area contributed by atoms with Crippen LogP contribution < -0.4 is 9.64 Å². The molecule has 0 radical (unpaired) electrons. The summed E-state index contributed by atoms with van der Waals surface area (Å²) in [5.41, 5.74) is 1.78. The molecule has 1 aromatic carbocycles. The largest absolute Gasteiger partial charge is 0.497 e. The molecule has 1 amide bonds. The Hall–Kier alpha value is -2.70. The third kappa shape index (κ3) is 4.50. The van der Waals surface area contributed by atoms with Crippen molar-refractivity contribution in [2.45, 2.75) is 46.0 Å². The molecule has 7 nitrogen and oxygen atoms in total. The highest BCUT2D eigenvalue weighted by Crippen LogP contribution is 2.28. The zero-order chi connectivity index (χ0) is 22.0. The number of carbonyl (C=O) groups is 2. The summed E-state index contributed by atoms with van der Waals surface area (Å²) >= 11 is 0. The monoisotopic (exact) mass is 424 g/mol. The zero-order valence-electron chi connectivity index (χ0n) is 18.8. The number of hydrogen-bond donors (Lipinski definition) is 0. The minimum Gasteiger partial charge on any atom is -0.497 e. The quantitative estimate of drug-likeness (QED) is 0.732. The maximum Gasteiger partial charge on any atom is 0.227 e. The molecule has 0 bridgehead atoms. The molecule has 2 aromatic rings. The van der Waals surface area contributed by atoms with E-state index in [9.17, 15) is 9.59 Å². The van der Waals surface area contributed by atoms with Gasteiger partial charge in [0.15, 0.2) is 0 Å². The first-order valence-electron chi connectivity index (χ1n) is 11.4. The van der Waals surface area contributed by atoms with Gasteiger partial charge in [0.25, 0.3) is 0 Å². The number of benzene rings is 1. The van der Waals surface area contributed by atoms with Crippen molar-refractivity contribution in [3.63, 3.8) is 0 Å². The van der Waals surface area contributed by atoms with Crippen molar-refractivity contribution in [3.05, 3.63) is 23.9 Å². The number of aryl methyl sites for hydroxylation is 1. The van der Waals surface area contributed by atoms with Gasteiger partial charge in [-0.1, -0.05) is 6.92 Å². The van der Waals surface area contributed by atoms with Crippen LogP contribution in [0, 0.1) is 18.8 Å². The van der Waals surface area contributed by atoms with Crippen LogP contribution >= 0.6 is 0 Å². The fourth-order valence-corrected chi connectivity index (χ4v) is 4.87. The van der Waals surface area contributed by atoms with Gasteiger partial charge in [-0.15, -0.1) is 0 Å². The van der Waals surface area contributed by atoms with Gasteiger partial charge in [-0.3, -0.25) is 9.59 Å². The number of anilines is 1. The lowest BCUT2D eigenvalue weighted by atomic mass is 9.90. The van der Waals surface area contributed by atoms with E-state index in [1.165, 1.54) is 0 Å². The number of aromatic nitrogens is 2. The Bertz CT molecular complexity index is 977. The number of ether oxygens (including phenoxy) is 1. The van der Waals surface area contributed by atoms with Crippen molar-refractivity contribution in [2.75, 3.05) is 38.2 Å². The van der Waals surface area contributed by atoms with Gasteiger partial charge in [-0.25, -0.2) is 9.97 Å². The predicted molar refractivity (Wildman–Crippen MR) is 120 cm³/mol. The van der Waals surface area contributed by atoms with E-state index >= 15 is 0 Å². The van der Waals surface area contributed by atoms with E-state index in [4.69, 9.17) is 14.7 Å². The molecule has 0 N–H and O–H groups in total.